The lowest BCUT2D eigenvalue weighted by atomic mass is 10.2. The van der Waals surface area contributed by atoms with Gasteiger partial charge < -0.3 is 14.7 Å². The summed E-state index contributed by atoms with van der Waals surface area (Å²) in [6.45, 7) is 8.00. The highest BCUT2D eigenvalue weighted by Gasteiger charge is 2.36. The fourth-order valence-corrected chi connectivity index (χ4v) is 1.73. The van der Waals surface area contributed by atoms with Crippen molar-refractivity contribution in [3.05, 3.63) is 0 Å². The maximum absolute atomic E-state index is 12.0. The van der Waals surface area contributed by atoms with E-state index in [2.05, 4.69) is 0 Å². The Morgan fingerprint density at radius 3 is 2.47 bits per heavy atom. The minimum absolute atomic E-state index is 0.274. The second-order valence-corrected chi connectivity index (χ2v) is 5.81. The number of ether oxygens (including phenoxy) is 1. The number of carbonyl (C=O) groups excluding carboxylic acids is 1. The SMILES string of the molecule is CCCC(O)CN(C(=O)OC(C)(C)C)C1CC1. The summed E-state index contributed by atoms with van der Waals surface area (Å²) in [6, 6.07) is 0.274. The topological polar surface area (TPSA) is 49.8 Å². The van der Waals surface area contributed by atoms with E-state index < -0.39 is 11.7 Å². The van der Waals surface area contributed by atoms with Gasteiger partial charge >= 0.3 is 6.09 Å². The second-order valence-electron chi connectivity index (χ2n) is 5.81. The molecule has 17 heavy (non-hydrogen) atoms. The predicted octanol–water partition coefficient (Wildman–Crippen LogP) is 2.55. The van der Waals surface area contributed by atoms with E-state index in [-0.39, 0.29) is 12.1 Å². The van der Waals surface area contributed by atoms with Crippen molar-refractivity contribution >= 4 is 6.09 Å². The average Bonchev–Trinajstić information content (AvgIpc) is 2.94. The first-order valence-corrected chi connectivity index (χ1v) is 6.51. The molecule has 0 saturated heterocycles. The summed E-state index contributed by atoms with van der Waals surface area (Å²) in [5.74, 6) is 0. The van der Waals surface area contributed by atoms with Crippen LogP contribution in [-0.4, -0.2) is 40.4 Å². The maximum atomic E-state index is 12.0. The molecule has 1 unspecified atom stereocenters. The van der Waals surface area contributed by atoms with Crippen LogP contribution in [0.2, 0.25) is 0 Å². The van der Waals surface area contributed by atoms with Gasteiger partial charge in [0.05, 0.1) is 12.6 Å². The monoisotopic (exact) mass is 243 g/mol. The molecule has 0 bridgehead atoms. The lowest BCUT2D eigenvalue weighted by Crippen LogP contribution is -2.42. The van der Waals surface area contributed by atoms with Crippen LogP contribution in [0.1, 0.15) is 53.4 Å². The van der Waals surface area contributed by atoms with E-state index in [1.54, 1.807) is 4.90 Å². The van der Waals surface area contributed by atoms with Crippen molar-refractivity contribution in [2.75, 3.05) is 6.54 Å². The van der Waals surface area contributed by atoms with Crippen molar-refractivity contribution in [2.45, 2.75) is 71.1 Å². The molecule has 0 aromatic carbocycles. The van der Waals surface area contributed by atoms with Crippen molar-refractivity contribution < 1.29 is 14.6 Å². The summed E-state index contributed by atoms with van der Waals surface area (Å²) < 4.78 is 5.36. The van der Waals surface area contributed by atoms with Gasteiger partial charge in [-0.3, -0.25) is 0 Å². The van der Waals surface area contributed by atoms with Gasteiger partial charge in [0.25, 0.3) is 0 Å². The number of hydrogen-bond donors (Lipinski definition) is 1. The average molecular weight is 243 g/mol. The van der Waals surface area contributed by atoms with Crippen LogP contribution < -0.4 is 0 Å². The van der Waals surface area contributed by atoms with E-state index in [9.17, 15) is 9.90 Å². The van der Waals surface area contributed by atoms with Gasteiger partial charge in [0.1, 0.15) is 5.60 Å². The summed E-state index contributed by atoms with van der Waals surface area (Å²) in [5.41, 5.74) is -0.472. The van der Waals surface area contributed by atoms with Crippen LogP contribution in [0.25, 0.3) is 0 Å². The number of hydrogen-bond acceptors (Lipinski definition) is 3. The van der Waals surface area contributed by atoms with Gasteiger partial charge in [-0.25, -0.2) is 4.79 Å². The first-order valence-electron chi connectivity index (χ1n) is 6.51. The van der Waals surface area contributed by atoms with E-state index in [0.717, 1.165) is 25.7 Å². The Bertz CT molecular complexity index is 256. The highest BCUT2D eigenvalue weighted by Crippen LogP contribution is 2.28. The van der Waals surface area contributed by atoms with Gasteiger partial charge in [-0.2, -0.15) is 0 Å². The molecule has 1 fully saturated rings. The summed E-state index contributed by atoms with van der Waals surface area (Å²) >= 11 is 0. The molecule has 0 aromatic heterocycles. The zero-order chi connectivity index (χ0) is 13.1. The quantitative estimate of drug-likeness (QED) is 0.807. The Kier molecular flexibility index (Phi) is 4.80. The van der Waals surface area contributed by atoms with Crippen molar-refractivity contribution in [1.82, 2.24) is 4.90 Å². The van der Waals surface area contributed by atoms with E-state index in [1.807, 2.05) is 27.7 Å². The summed E-state index contributed by atoms with van der Waals surface area (Å²) in [5, 5.41) is 9.79. The molecule has 1 aliphatic rings. The van der Waals surface area contributed by atoms with Gasteiger partial charge in [-0.1, -0.05) is 13.3 Å². The fourth-order valence-electron chi connectivity index (χ4n) is 1.73. The summed E-state index contributed by atoms with van der Waals surface area (Å²) in [6.07, 6.45) is 2.97. The molecule has 1 N–H and O–H groups in total. The summed E-state index contributed by atoms with van der Waals surface area (Å²) in [7, 11) is 0. The third-order valence-electron chi connectivity index (χ3n) is 2.64. The molecule has 1 rings (SSSR count). The molecule has 0 heterocycles. The standard InChI is InChI=1S/C13H25NO3/c1-5-6-11(15)9-14(10-7-8-10)12(16)17-13(2,3)4/h10-11,15H,5-9H2,1-4H3. The van der Waals surface area contributed by atoms with Gasteiger partial charge in [0.2, 0.25) is 0 Å². The van der Waals surface area contributed by atoms with Crippen molar-refractivity contribution in [3.63, 3.8) is 0 Å². The lowest BCUT2D eigenvalue weighted by Gasteiger charge is -2.28. The van der Waals surface area contributed by atoms with Crippen molar-refractivity contribution in [2.24, 2.45) is 0 Å². The number of rotatable bonds is 5. The Hall–Kier alpha value is -0.770. The largest absolute Gasteiger partial charge is 0.444 e. The van der Waals surface area contributed by atoms with Crippen LogP contribution >= 0.6 is 0 Å². The van der Waals surface area contributed by atoms with E-state index in [0.29, 0.717) is 6.54 Å². The first kappa shape index (κ1) is 14.3. The third kappa shape index (κ3) is 5.39. The highest BCUT2D eigenvalue weighted by atomic mass is 16.6. The highest BCUT2D eigenvalue weighted by molar-refractivity contribution is 5.69. The normalized spacial score (nSPS) is 17.7. The molecule has 4 nitrogen and oxygen atoms in total. The van der Waals surface area contributed by atoms with Gasteiger partial charge in [0, 0.05) is 6.04 Å². The fraction of sp³-hybridized carbons (Fsp3) is 0.923. The van der Waals surface area contributed by atoms with Crippen molar-refractivity contribution in [3.8, 4) is 0 Å². The van der Waals surface area contributed by atoms with Gasteiger partial charge in [-0.05, 0) is 40.0 Å². The van der Waals surface area contributed by atoms with E-state index >= 15 is 0 Å². The molecule has 0 radical (unpaired) electrons. The number of aliphatic hydroxyl groups is 1. The van der Waals surface area contributed by atoms with Crippen LogP contribution in [0.15, 0.2) is 0 Å². The van der Waals surface area contributed by atoms with Gasteiger partial charge in [-0.15, -0.1) is 0 Å². The molecule has 0 spiro atoms. The zero-order valence-electron chi connectivity index (χ0n) is 11.4. The van der Waals surface area contributed by atoms with E-state index in [4.69, 9.17) is 4.74 Å². The molecule has 4 heteroatoms. The van der Waals surface area contributed by atoms with Crippen LogP contribution in [0.3, 0.4) is 0 Å². The minimum atomic E-state index is -0.472. The third-order valence-corrected chi connectivity index (χ3v) is 2.64. The Morgan fingerprint density at radius 2 is 2.06 bits per heavy atom. The smallest absolute Gasteiger partial charge is 0.410 e. The van der Waals surface area contributed by atoms with E-state index in [1.165, 1.54) is 0 Å². The Labute approximate surface area is 104 Å². The van der Waals surface area contributed by atoms with Crippen LogP contribution in [0.4, 0.5) is 4.79 Å². The van der Waals surface area contributed by atoms with Crippen LogP contribution in [0.5, 0.6) is 0 Å². The molecule has 0 aromatic rings. The summed E-state index contributed by atoms with van der Waals surface area (Å²) in [4.78, 5) is 13.7. The maximum Gasteiger partial charge on any atom is 0.410 e. The number of carbonyl (C=O) groups is 1. The number of amides is 1. The zero-order valence-corrected chi connectivity index (χ0v) is 11.4. The van der Waals surface area contributed by atoms with Crippen molar-refractivity contribution in [1.29, 1.82) is 0 Å². The molecular formula is C13H25NO3. The molecular weight excluding hydrogens is 218 g/mol. The molecule has 0 aliphatic heterocycles. The minimum Gasteiger partial charge on any atom is -0.444 e. The first-order chi connectivity index (χ1) is 7.83. The Balaban J connectivity index is 2.50. The second kappa shape index (κ2) is 5.71. The molecule has 1 amide bonds. The number of aliphatic hydroxyl groups excluding tert-OH is 1. The van der Waals surface area contributed by atoms with Crippen LogP contribution in [0, 0.1) is 0 Å². The number of nitrogens with zero attached hydrogens (tertiary/aromatic N) is 1. The molecule has 100 valence electrons. The van der Waals surface area contributed by atoms with Gasteiger partial charge in [0.15, 0.2) is 0 Å². The van der Waals surface area contributed by atoms with Crippen LogP contribution in [-0.2, 0) is 4.74 Å². The lowest BCUT2D eigenvalue weighted by molar-refractivity contribution is 0.0117. The predicted molar refractivity (Wildman–Crippen MR) is 66.9 cm³/mol. The molecule has 1 atom stereocenters. The molecule has 1 saturated carbocycles. The Morgan fingerprint density at radius 1 is 1.47 bits per heavy atom. The molecule has 1 aliphatic carbocycles.